The van der Waals surface area contributed by atoms with Gasteiger partial charge >= 0.3 is 133 Å². The van der Waals surface area contributed by atoms with Crippen molar-refractivity contribution in [3.63, 3.8) is 0 Å². The fraction of sp³-hybridized carbons (Fsp3) is 0. The monoisotopic (exact) mass is 350 g/mol. The summed E-state index contributed by atoms with van der Waals surface area (Å²) in [7, 11) is 0. The summed E-state index contributed by atoms with van der Waals surface area (Å²) >= 11 is 0.164. The Kier molecular flexibility index (Phi) is 2.51. The van der Waals surface area contributed by atoms with Gasteiger partial charge in [-0.1, -0.05) is 0 Å². The predicted octanol–water partition coefficient (Wildman–Crippen LogP) is 2.54. The van der Waals surface area contributed by atoms with Crippen molar-refractivity contribution >= 4 is 45.7 Å². The van der Waals surface area contributed by atoms with E-state index in [1.165, 1.54) is 8.92 Å². The number of nitrogens with zero attached hydrogens (tertiary/aromatic N) is 2. The van der Waals surface area contributed by atoms with Crippen molar-refractivity contribution in [3.05, 3.63) is 60.9 Å². The van der Waals surface area contributed by atoms with Gasteiger partial charge in [-0.2, -0.15) is 0 Å². The molecule has 0 radical (unpaired) electrons. The number of pyridine rings is 2. The van der Waals surface area contributed by atoms with Crippen LogP contribution < -0.4 is 13.7 Å². The number of aromatic nitrogens is 2. The Labute approximate surface area is 133 Å². The number of rotatable bonds is 0. The van der Waals surface area contributed by atoms with Crippen molar-refractivity contribution in [2.75, 3.05) is 0 Å². The normalized spacial score (nSPS) is 12.7. The molecule has 0 N–H and O–H groups in total. The van der Waals surface area contributed by atoms with Crippen molar-refractivity contribution in [1.82, 2.24) is 9.97 Å². The van der Waals surface area contributed by atoms with E-state index < -0.39 is 0 Å². The molecule has 2 aromatic heterocycles. The molecule has 4 heteroatoms. The second kappa shape index (κ2) is 4.54. The molecule has 2 aromatic carbocycles. The van der Waals surface area contributed by atoms with Crippen LogP contribution in [0.2, 0.25) is 0 Å². The fourth-order valence-corrected chi connectivity index (χ4v) is 4.74. The molecule has 5 rings (SSSR count). The molecule has 0 saturated heterocycles. The molecule has 104 valence electrons. The minimum absolute atomic E-state index is 0.164. The zero-order valence-electron chi connectivity index (χ0n) is 11.5. The van der Waals surface area contributed by atoms with E-state index in [2.05, 4.69) is 22.1 Å². The van der Waals surface area contributed by atoms with Gasteiger partial charge in [-0.25, -0.2) is 0 Å². The molecule has 1 aliphatic heterocycles. The van der Waals surface area contributed by atoms with Gasteiger partial charge in [-0.15, -0.1) is 0 Å². The van der Waals surface area contributed by atoms with E-state index >= 15 is 0 Å². The predicted molar refractivity (Wildman–Crippen MR) is 88.6 cm³/mol. The molecule has 22 heavy (non-hydrogen) atoms. The van der Waals surface area contributed by atoms with Gasteiger partial charge in [0.25, 0.3) is 0 Å². The van der Waals surface area contributed by atoms with Gasteiger partial charge in [0.05, 0.1) is 0 Å². The summed E-state index contributed by atoms with van der Waals surface area (Å²) in [4.78, 5) is 9.09. The number of benzene rings is 2. The van der Waals surface area contributed by atoms with Crippen LogP contribution >= 0.6 is 0 Å². The zero-order chi connectivity index (χ0) is 14.5. The number of fused-ring (bicyclic) bond motifs is 6. The Bertz CT molecular complexity index is 962. The summed E-state index contributed by atoms with van der Waals surface area (Å²) in [6, 6.07) is 16.3. The molecule has 0 atom stereocenters. The van der Waals surface area contributed by atoms with Gasteiger partial charge in [-0.3, -0.25) is 0 Å². The first-order chi connectivity index (χ1) is 10.9. The topological polar surface area (TPSA) is 35.0 Å². The molecule has 1 aliphatic rings. The molecular weight excluding hydrogens is 339 g/mol. The molecule has 0 amide bonds. The second-order valence-electron chi connectivity index (χ2n) is 5.14. The molecule has 0 fully saturated rings. The second-order valence-corrected chi connectivity index (χ2v) is 7.42. The Morgan fingerprint density at radius 2 is 1.18 bits per heavy atom. The van der Waals surface area contributed by atoms with Crippen LogP contribution in [0.15, 0.2) is 60.9 Å². The molecule has 3 nitrogen and oxygen atoms in total. The number of ether oxygens (including phenoxy) is 1. The van der Waals surface area contributed by atoms with E-state index in [1.54, 1.807) is 0 Å². The average molecular weight is 349 g/mol. The summed E-state index contributed by atoms with van der Waals surface area (Å²) < 4.78 is 8.69. The molecule has 0 aliphatic carbocycles. The molecule has 0 saturated carbocycles. The van der Waals surface area contributed by atoms with Gasteiger partial charge < -0.3 is 0 Å². The summed E-state index contributed by atoms with van der Waals surface area (Å²) in [6.45, 7) is 0. The van der Waals surface area contributed by atoms with E-state index in [9.17, 15) is 0 Å². The van der Waals surface area contributed by atoms with E-state index in [0.717, 1.165) is 33.3 Å². The van der Waals surface area contributed by atoms with Crippen LogP contribution in [0, 0.1) is 0 Å². The van der Waals surface area contributed by atoms with Crippen molar-refractivity contribution in [2.45, 2.75) is 0 Å². The van der Waals surface area contributed by atoms with Crippen LogP contribution in [-0.2, 0) is 0 Å². The van der Waals surface area contributed by atoms with Gasteiger partial charge in [0.15, 0.2) is 0 Å². The Morgan fingerprint density at radius 3 is 1.73 bits per heavy atom. The fourth-order valence-electron chi connectivity index (χ4n) is 2.77. The van der Waals surface area contributed by atoms with E-state index in [1.807, 2.05) is 48.8 Å². The van der Waals surface area contributed by atoms with E-state index in [4.69, 9.17) is 4.74 Å². The molecule has 0 spiro atoms. The number of para-hydroxylation sites is 2. The summed E-state index contributed by atoms with van der Waals surface area (Å²) in [5.41, 5.74) is 1.94. The van der Waals surface area contributed by atoms with Gasteiger partial charge in [-0.05, 0) is 0 Å². The summed E-state index contributed by atoms with van der Waals surface area (Å²) in [5, 5.41) is 2.15. The third-order valence-corrected chi connectivity index (χ3v) is 5.95. The van der Waals surface area contributed by atoms with Crippen LogP contribution in [0.25, 0.3) is 21.8 Å². The molecule has 3 heterocycles. The maximum atomic E-state index is 6.34. The average Bonchev–Trinajstić information content (AvgIpc) is 2.60. The first-order valence-electron chi connectivity index (χ1n) is 7.01. The molecule has 0 bridgehead atoms. The maximum absolute atomic E-state index is 6.34. The first-order valence-corrected chi connectivity index (χ1v) is 8.73. The van der Waals surface area contributed by atoms with E-state index in [0.29, 0.717) is 0 Å². The number of hydrogen-bond donors (Lipinski definition) is 0. The van der Waals surface area contributed by atoms with Crippen LogP contribution in [0.4, 0.5) is 0 Å². The van der Waals surface area contributed by atoms with Gasteiger partial charge in [0.2, 0.25) is 0 Å². The van der Waals surface area contributed by atoms with Crippen LogP contribution in [0.5, 0.6) is 11.5 Å². The van der Waals surface area contributed by atoms with Crippen LogP contribution in [-0.4, -0.2) is 24.9 Å². The SMILES string of the molecule is c1ccc2c3c(cnc2c1)[Se]c1cnc2ccccc2c1O3. The molecule has 0 unspecified atom stereocenters. The van der Waals surface area contributed by atoms with Crippen LogP contribution in [0.3, 0.4) is 0 Å². The summed E-state index contributed by atoms with van der Waals surface area (Å²) in [6.07, 6.45) is 3.88. The molecular formula is C18H10N2OSe. The first kappa shape index (κ1) is 12.2. The summed E-state index contributed by atoms with van der Waals surface area (Å²) in [5.74, 6) is 1.91. The van der Waals surface area contributed by atoms with Crippen molar-refractivity contribution in [2.24, 2.45) is 0 Å². The van der Waals surface area contributed by atoms with Gasteiger partial charge in [0.1, 0.15) is 0 Å². The molecule has 4 aromatic rings. The Morgan fingerprint density at radius 1 is 0.682 bits per heavy atom. The van der Waals surface area contributed by atoms with E-state index in [-0.39, 0.29) is 15.0 Å². The minimum atomic E-state index is 0.164. The third kappa shape index (κ3) is 1.68. The quantitative estimate of drug-likeness (QED) is 0.403. The van der Waals surface area contributed by atoms with Crippen molar-refractivity contribution in [3.8, 4) is 11.5 Å². The van der Waals surface area contributed by atoms with Crippen molar-refractivity contribution in [1.29, 1.82) is 0 Å². The standard InChI is InChI=1S/C18H10N2OSe/c1-3-7-13-11(5-1)17-15(9-19-13)22-16-10-20-14-8-4-2-6-12(14)18(16)21-17/h1-10H. The van der Waals surface area contributed by atoms with Crippen molar-refractivity contribution < 1.29 is 4.74 Å². The Balaban J connectivity index is 1.80. The Hall–Kier alpha value is -2.42. The zero-order valence-corrected chi connectivity index (χ0v) is 13.2. The van der Waals surface area contributed by atoms with Crippen LogP contribution in [0.1, 0.15) is 0 Å². The van der Waals surface area contributed by atoms with Gasteiger partial charge in [0, 0.05) is 0 Å². The third-order valence-electron chi connectivity index (χ3n) is 3.81. The number of hydrogen-bond acceptors (Lipinski definition) is 3.